The minimum Gasteiger partial charge on any atom is -0.342 e. The highest BCUT2D eigenvalue weighted by molar-refractivity contribution is 5.77. The number of aromatic amines is 1. The third-order valence-corrected chi connectivity index (χ3v) is 4.62. The average molecular weight is 310 g/mol. The second-order valence-corrected chi connectivity index (χ2v) is 6.55. The molecule has 1 fully saturated rings. The predicted octanol–water partition coefficient (Wildman–Crippen LogP) is 3.12. The molecule has 1 aliphatic heterocycles. The van der Waals surface area contributed by atoms with E-state index in [4.69, 9.17) is 4.98 Å². The molecule has 1 unspecified atom stereocenters. The van der Waals surface area contributed by atoms with E-state index in [1.807, 2.05) is 24.5 Å². The van der Waals surface area contributed by atoms with E-state index in [2.05, 4.69) is 44.6 Å². The van der Waals surface area contributed by atoms with Crippen LogP contribution in [-0.2, 0) is 0 Å². The van der Waals surface area contributed by atoms with Gasteiger partial charge in [0.2, 0.25) is 5.95 Å². The molecule has 120 valence electrons. The molecule has 3 aromatic rings. The molecule has 1 saturated heterocycles. The van der Waals surface area contributed by atoms with Gasteiger partial charge < -0.3 is 14.5 Å². The van der Waals surface area contributed by atoms with Crippen molar-refractivity contribution in [2.45, 2.75) is 38.6 Å². The van der Waals surface area contributed by atoms with Crippen LogP contribution in [0.5, 0.6) is 0 Å². The van der Waals surface area contributed by atoms with Gasteiger partial charge in [-0.15, -0.1) is 10.2 Å². The zero-order valence-corrected chi connectivity index (χ0v) is 13.6. The Morgan fingerprint density at radius 3 is 2.96 bits per heavy atom. The van der Waals surface area contributed by atoms with E-state index in [1.54, 1.807) is 0 Å². The Balaban J connectivity index is 1.60. The van der Waals surface area contributed by atoms with Crippen LogP contribution >= 0.6 is 0 Å². The SMILES string of the molecule is CC(C)n1cnnc1C1CCCN(c2nc3ccccc3[nH]2)C1. The fourth-order valence-electron chi connectivity index (χ4n) is 3.41. The smallest absolute Gasteiger partial charge is 0.203 e. The highest BCUT2D eigenvalue weighted by Crippen LogP contribution is 2.29. The summed E-state index contributed by atoms with van der Waals surface area (Å²) in [6.07, 6.45) is 4.15. The topological polar surface area (TPSA) is 62.6 Å². The molecule has 2 aromatic heterocycles. The molecule has 6 nitrogen and oxygen atoms in total. The first-order valence-corrected chi connectivity index (χ1v) is 8.31. The summed E-state index contributed by atoms with van der Waals surface area (Å²) in [4.78, 5) is 10.5. The van der Waals surface area contributed by atoms with Gasteiger partial charge in [-0.25, -0.2) is 4.98 Å². The van der Waals surface area contributed by atoms with Gasteiger partial charge in [0.05, 0.1) is 11.0 Å². The normalized spacial score (nSPS) is 18.9. The highest BCUT2D eigenvalue weighted by Gasteiger charge is 2.27. The molecule has 0 saturated carbocycles. The minimum atomic E-state index is 0.390. The highest BCUT2D eigenvalue weighted by atomic mass is 15.3. The number of piperidine rings is 1. The molecular weight excluding hydrogens is 288 g/mol. The lowest BCUT2D eigenvalue weighted by molar-refractivity contribution is 0.452. The first kappa shape index (κ1) is 14.2. The summed E-state index contributed by atoms with van der Waals surface area (Å²) >= 11 is 0. The molecule has 0 amide bonds. The Bertz CT molecular complexity index is 769. The fourth-order valence-corrected chi connectivity index (χ4v) is 3.41. The monoisotopic (exact) mass is 310 g/mol. The summed E-state index contributed by atoms with van der Waals surface area (Å²) in [6, 6.07) is 8.57. The van der Waals surface area contributed by atoms with E-state index in [-0.39, 0.29) is 0 Å². The van der Waals surface area contributed by atoms with Gasteiger partial charge in [0, 0.05) is 25.0 Å². The largest absolute Gasteiger partial charge is 0.342 e. The van der Waals surface area contributed by atoms with Crippen LogP contribution in [0.4, 0.5) is 5.95 Å². The molecule has 1 N–H and O–H groups in total. The van der Waals surface area contributed by atoms with Crippen LogP contribution in [0.25, 0.3) is 11.0 Å². The van der Waals surface area contributed by atoms with Crippen molar-refractivity contribution in [3.63, 3.8) is 0 Å². The van der Waals surface area contributed by atoms with E-state index in [0.717, 1.165) is 48.7 Å². The summed E-state index contributed by atoms with van der Waals surface area (Å²) in [5.41, 5.74) is 2.12. The number of fused-ring (bicyclic) bond motifs is 1. The van der Waals surface area contributed by atoms with Crippen LogP contribution in [0.1, 0.15) is 44.5 Å². The lowest BCUT2D eigenvalue weighted by Crippen LogP contribution is -2.36. The van der Waals surface area contributed by atoms with Crippen molar-refractivity contribution in [2.75, 3.05) is 18.0 Å². The van der Waals surface area contributed by atoms with Crippen molar-refractivity contribution < 1.29 is 0 Å². The van der Waals surface area contributed by atoms with Crippen molar-refractivity contribution >= 4 is 17.0 Å². The maximum atomic E-state index is 4.74. The number of aromatic nitrogens is 5. The average Bonchev–Trinajstić information content (AvgIpc) is 3.21. The fraction of sp³-hybridized carbons (Fsp3) is 0.471. The standard InChI is InChI=1S/C17H22N6/c1-12(2)23-11-18-21-16(23)13-6-5-9-22(10-13)17-19-14-7-3-4-8-15(14)20-17/h3-4,7-8,11-13H,5-6,9-10H2,1-2H3,(H,19,20). The first-order valence-electron chi connectivity index (χ1n) is 8.31. The van der Waals surface area contributed by atoms with Gasteiger partial charge >= 0.3 is 0 Å². The van der Waals surface area contributed by atoms with Crippen LogP contribution in [0.15, 0.2) is 30.6 Å². The molecule has 23 heavy (non-hydrogen) atoms. The molecule has 4 rings (SSSR count). The minimum absolute atomic E-state index is 0.390. The van der Waals surface area contributed by atoms with E-state index >= 15 is 0 Å². The molecule has 3 heterocycles. The molecule has 0 bridgehead atoms. The van der Waals surface area contributed by atoms with E-state index in [1.165, 1.54) is 0 Å². The zero-order valence-electron chi connectivity index (χ0n) is 13.6. The summed E-state index contributed by atoms with van der Waals surface area (Å²) in [5.74, 6) is 2.47. The van der Waals surface area contributed by atoms with Gasteiger partial charge in [-0.05, 0) is 38.8 Å². The van der Waals surface area contributed by atoms with Gasteiger partial charge in [0.25, 0.3) is 0 Å². The van der Waals surface area contributed by atoms with E-state index in [0.29, 0.717) is 12.0 Å². The second kappa shape index (κ2) is 5.68. The molecule has 0 radical (unpaired) electrons. The maximum Gasteiger partial charge on any atom is 0.203 e. The number of hydrogen-bond acceptors (Lipinski definition) is 4. The maximum absolute atomic E-state index is 4.74. The van der Waals surface area contributed by atoms with Crippen LogP contribution in [0.2, 0.25) is 0 Å². The van der Waals surface area contributed by atoms with Gasteiger partial charge in [0.1, 0.15) is 12.2 Å². The quantitative estimate of drug-likeness (QED) is 0.807. The summed E-state index contributed by atoms with van der Waals surface area (Å²) in [6.45, 7) is 6.32. The Labute approximate surface area is 135 Å². The molecular formula is C17H22N6. The molecule has 0 aliphatic carbocycles. The summed E-state index contributed by atoms with van der Waals surface area (Å²) in [7, 11) is 0. The predicted molar refractivity (Wildman–Crippen MR) is 90.7 cm³/mol. The second-order valence-electron chi connectivity index (χ2n) is 6.55. The molecule has 1 atom stereocenters. The third-order valence-electron chi connectivity index (χ3n) is 4.62. The van der Waals surface area contributed by atoms with Crippen LogP contribution in [0, 0.1) is 0 Å². The van der Waals surface area contributed by atoms with Crippen molar-refractivity contribution in [2.24, 2.45) is 0 Å². The number of hydrogen-bond donors (Lipinski definition) is 1. The van der Waals surface area contributed by atoms with Crippen LogP contribution in [-0.4, -0.2) is 37.8 Å². The Hall–Kier alpha value is -2.37. The molecule has 1 aromatic carbocycles. The molecule has 0 spiro atoms. The molecule has 6 heteroatoms. The van der Waals surface area contributed by atoms with Crippen molar-refractivity contribution in [1.82, 2.24) is 24.7 Å². The van der Waals surface area contributed by atoms with Crippen LogP contribution < -0.4 is 4.90 Å². The third kappa shape index (κ3) is 2.58. The van der Waals surface area contributed by atoms with Crippen molar-refractivity contribution in [1.29, 1.82) is 0 Å². The Morgan fingerprint density at radius 2 is 2.13 bits per heavy atom. The number of H-pyrrole nitrogens is 1. The Kier molecular flexibility index (Phi) is 3.52. The number of benzene rings is 1. The van der Waals surface area contributed by atoms with Crippen molar-refractivity contribution in [3.05, 3.63) is 36.4 Å². The number of nitrogens with zero attached hydrogens (tertiary/aromatic N) is 5. The number of anilines is 1. The summed E-state index contributed by atoms with van der Waals surface area (Å²) in [5, 5.41) is 8.51. The van der Waals surface area contributed by atoms with Crippen LogP contribution in [0.3, 0.4) is 0 Å². The first-order chi connectivity index (χ1) is 11.2. The van der Waals surface area contributed by atoms with Gasteiger partial charge in [0.15, 0.2) is 0 Å². The van der Waals surface area contributed by atoms with Gasteiger partial charge in [-0.1, -0.05) is 12.1 Å². The number of nitrogens with one attached hydrogen (secondary N) is 1. The Morgan fingerprint density at radius 1 is 1.26 bits per heavy atom. The lowest BCUT2D eigenvalue weighted by Gasteiger charge is -2.32. The molecule has 1 aliphatic rings. The lowest BCUT2D eigenvalue weighted by atomic mass is 9.97. The number of rotatable bonds is 3. The van der Waals surface area contributed by atoms with Crippen molar-refractivity contribution in [3.8, 4) is 0 Å². The zero-order chi connectivity index (χ0) is 15.8. The summed E-state index contributed by atoms with van der Waals surface area (Å²) < 4.78 is 2.19. The van der Waals surface area contributed by atoms with Gasteiger partial charge in [-0.2, -0.15) is 0 Å². The van der Waals surface area contributed by atoms with Gasteiger partial charge in [-0.3, -0.25) is 0 Å². The number of imidazole rings is 1. The van der Waals surface area contributed by atoms with E-state index in [9.17, 15) is 0 Å². The number of para-hydroxylation sites is 2. The van der Waals surface area contributed by atoms with E-state index < -0.39 is 0 Å².